The number of carbonyl (C=O) groups excluding carboxylic acids is 2. The molecule has 1 unspecified atom stereocenters. The van der Waals surface area contributed by atoms with Crippen LogP contribution in [0.5, 0.6) is 0 Å². The highest BCUT2D eigenvalue weighted by atomic mass is 32.2. The van der Waals surface area contributed by atoms with Crippen LogP contribution < -0.4 is 4.90 Å². The molecule has 0 aliphatic carbocycles. The first-order valence-electron chi connectivity index (χ1n) is 8.05. The number of nitrogens with zero attached hydrogens (tertiary/aromatic N) is 1. The normalized spacial score (nSPS) is 14.9. The van der Waals surface area contributed by atoms with Crippen molar-refractivity contribution >= 4 is 27.4 Å². The molecule has 0 fully saturated rings. The molecule has 0 aromatic heterocycles. The lowest BCUT2D eigenvalue weighted by Crippen LogP contribution is -2.23. The number of hydrogen-bond donors (Lipinski definition) is 0. The van der Waals surface area contributed by atoms with E-state index in [1.54, 1.807) is 42.2 Å². The van der Waals surface area contributed by atoms with Gasteiger partial charge in [-0.25, -0.2) is 8.42 Å². The summed E-state index contributed by atoms with van der Waals surface area (Å²) < 4.78 is 28.2. The second kappa shape index (κ2) is 6.57. The van der Waals surface area contributed by atoms with Gasteiger partial charge in [0.05, 0.1) is 24.5 Å². The number of amides is 1. The fraction of sp³-hybridized carbons (Fsp3) is 0.263. The maximum atomic E-state index is 12.7. The van der Waals surface area contributed by atoms with E-state index in [2.05, 4.69) is 0 Å². The molecule has 0 saturated carbocycles. The smallest absolute Gasteiger partial charge is 0.312 e. The molecule has 0 N–H and O–H groups in total. The van der Waals surface area contributed by atoms with Gasteiger partial charge in [0, 0.05) is 17.5 Å². The summed E-state index contributed by atoms with van der Waals surface area (Å²) in [6.07, 6.45) is 1.12. The van der Waals surface area contributed by atoms with Crippen LogP contribution in [0.25, 0.3) is 0 Å². The summed E-state index contributed by atoms with van der Waals surface area (Å²) in [7, 11) is -2.03. The molecule has 26 heavy (non-hydrogen) atoms. The zero-order valence-electron chi connectivity index (χ0n) is 14.7. The molecule has 2 aromatic rings. The third kappa shape index (κ3) is 3.22. The van der Waals surface area contributed by atoms with E-state index in [4.69, 9.17) is 4.74 Å². The van der Waals surface area contributed by atoms with E-state index < -0.39 is 15.8 Å². The molecule has 7 heteroatoms. The Labute approximate surface area is 152 Å². The van der Waals surface area contributed by atoms with E-state index in [1.807, 2.05) is 0 Å². The van der Waals surface area contributed by atoms with Crippen molar-refractivity contribution in [2.24, 2.45) is 0 Å². The largest absolute Gasteiger partial charge is 0.469 e. The van der Waals surface area contributed by atoms with E-state index in [1.165, 1.54) is 19.2 Å². The van der Waals surface area contributed by atoms with Crippen molar-refractivity contribution in [3.05, 3.63) is 59.2 Å². The minimum absolute atomic E-state index is 0.133. The summed E-state index contributed by atoms with van der Waals surface area (Å²) in [6.45, 7) is 2.13. The number of esters is 1. The lowest BCUT2D eigenvalue weighted by atomic mass is 10.0. The molecule has 6 nitrogen and oxygen atoms in total. The Morgan fingerprint density at radius 2 is 1.81 bits per heavy atom. The average Bonchev–Trinajstić information content (AvgIpc) is 2.96. The van der Waals surface area contributed by atoms with Crippen molar-refractivity contribution in [1.29, 1.82) is 0 Å². The Kier molecular flexibility index (Phi) is 4.58. The highest BCUT2D eigenvalue weighted by Gasteiger charge is 2.29. The molecule has 136 valence electrons. The lowest BCUT2D eigenvalue weighted by molar-refractivity contribution is -0.141. The Bertz CT molecular complexity index is 979. The summed E-state index contributed by atoms with van der Waals surface area (Å²) in [5.74, 6) is -0.951. The molecular formula is C19H19NO5S. The number of carbonyl (C=O) groups is 2. The summed E-state index contributed by atoms with van der Waals surface area (Å²) in [4.78, 5) is 26.1. The third-order valence-corrected chi connectivity index (χ3v) is 5.68. The number of sulfone groups is 1. The highest BCUT2D eigenvalue weighted by Crippen LogP contribution is 2.31. The summed E-state index contributed by atoms with van der Waals surface area (Å²) in [6, 6.07) is 11.8. The van der Waals surface area contributed by atoms with Crippen LogP contribution >= 0.6 is 0 Å². The first kappa shape index (κ1) is 18.1. The Morgan fingerprint density at radius 3 is 2.38 bits per heavy atom. The van der Waals surface area contributed by atoms with Crippen LogP contribution in [0, 0.1) is 0 Å². The summed E-state index contributed by atoms with van der Waals surface area (Å²) in [5, 5.41) is 0. The number of methoxy groups -OCH3 is 1. The monoisotopic (exact) mass is 373 g/mol. The molecule has 2 aromatic carbocycles. The lowest BCUT2D eigenvalue weighted by Gasteiger charge is -2.17. The Balaban J connectivity index is 1.87. The molecule has 0 bridgehead atoms. The molecule has 1 aliphatic heterocycles. The van der Waals surface area contributed by atoms with Crippen LogP contribution in [0.3, 0.4) is 0 Å². The van der Waals surface area contributed by atoms with Crippen molar-refractivity contribution in [1.82, 2.24) is 0 Å². The van der Waals surface area contributed by atoms with Crippen molar-refractivity contribution in [3.63, 3.8) is 0 Å². The van der Waals surface area contributed by atoms with Gasteiger partial charge in [0.15, 0.2) is 9.84 Å². The van der Waals surface area contributed by atoms with Gasteiger partial charge in [0.25, 0.3) is 5.91 Å². The molecule has 0 radical (unpaired) electrons. The van der Waals surface area contributed by atoms with Crippen molar-refractivity contribution < 1.29 is 22.7 Å². The highest BCUT2D eigenvalue weighted by molar-refractivity contribution is 7.90. The number of anilines is 1. The van der Waals surface area contributed by atoms with Crippen LogP contribution in [0.2, 0.25) is 0 Å². The van der Waals surface area contributed by atoms with E-state index in [0.717, 1.165) is 17.4 Å². The maximum Gasteiger partial charge on any atom is 0.312 e. The first-order chi connectivity index (χ1) is 12.2. The van der Waals surface area contributed by atoms with Gasteiger partial charge in [0.1, 0.15) is 0 Å². The summed E-state index contributed by atoms with van der Waals surface area (Å²) in [5.41, 5.74) is 2.67. The van der Waals surface area contributed by atoms with Crippen LogP contribution in [-0.4, -0.2) is 33.7 Å². The van der Waals surface area contributed by atoms with Crippen molar-refractivity contribution in [2.45, 2.75) is 24.3 Å². The Morgan fingerprint density at radius 1 is 1.15 bits per heavy atom. The SMILES string of the molecule is COC(=O)C(C)c1ccc(N2Cc3ccc(S(C)(=O)=O)cc3C2=O)cc1. The molecule has 0 spiro atoms. The molecule has 1 aliphatic rings. The number of fused-ring (bicyclic) bond motifs is 1. The van der Waals surface area contributed by atoms with Gasteiger partial charge >= 0.3 is 5.97 Å². The number of hydrogen-bond acceptors (Lipinski definition) is 5. The van der Waals surface area contributed by atoms with Crippen molar-refractivity contribution in [3.8, 4) is 0 Å². The molecule has 3 rings (SSSR count). The zero-order valence-corrected chi connectivity index (χ0v) is 15.5. The molecule has 1 amide bonds. The van der Waals surface area contributed by atoms with Gasteiger partial charge in [0.2, 0.25) is 0 Å². The van der Waals surface area contributed by atoms with Gasteiger partial charge in [-0.15, -0.1) is 0 Å². The Hall–Kier alpha value is -2.67. The van der Waals surface area contributed by atoms with Gasteiger partial charge in [-0.3, -0.25) is 9.59 Å². The molecule has 1 heterocycles. The molecule has 1 atom stereocenters. The number of ether oxygens (including phenoxy) is 1. The van der Waals surface area contributed by atoms with Crippen LogP contribution in [0.15, 0.2) is 47.4 Å². The van der Waals surface area contributed by atoms with E-state index in [0.29, 0.717) is 17.8 Å². The average molecular weight is 373 g/mol. The van der Waals surface area contributed by atoms with E-state index in [-0.39, 0.29) is 16.8 Å². The van der Waals surface area contributed by atoms with Gasteiger partial charge in [-0.1, -0.05) is 18.2 Å². The third-order valence-electron chi connectivity index (χ3n) is 4.57. The fourth-order valence-corrected chi connectivity index (χ4v) is 3.62. The van der Waals surface area contributed by atoms with Gasteiger partial charge in [-0.2, -0.15) is 0 Å². The standard InChI is InChI=1S/C19H19NO5S/c1-12(19(22)25-2)13-4-7-15(8-5-13)20-11-14-6-9-16(26(3,23)24)10-17(14)18(20)21/h4-10,12H,11H2,1-3H3. The summed E-state index contributed by atoms with van der Waals surface area (Å²) >= 11 is 0. The molecule has 0 saturated heterocycles. The number of benzene rings is 2. The van der Waals surface area contributed by atoms with Gasteiger partial charge in [-0.05, 0) is 42.3 Å². The number of rotatable bonds is 4. The topological polar surface area (TPSA) is 80.8 Å². The predicted molar refractivity (Wildman–Crippen MR) is 96.9 cm³/mol. The van der Waals surface area contributed by atoms with E-state index >= 15 is 0 Å². The van der Waals surface area contributed by atoms with Crippen LogP contribution in [0.4, 0.5) is 5.69 Å². The van der Waals surface area contributed by atoms with Gasteiger partial charge < -0.3 is 9.64 Å². The zero-order chi connectivity index (χ0) is 19.1. The van der Waals surface area contributed by atoms with Crippen molar-refractivity contribution in [2.75, 3.05) is 18.3 Å². The first-order valence-corrected chi connectivity index (χ1v) is 9.94. The van der Waals surface area contributed by atoms with E-state index in [9.17, 15) is 18.0 Å². The minimum Gasteiger partial charge on any atom is -0.469 e. The molecular weight excluding hydrogens is 354 g/mol. The minimum atomic E-state index is -3.37. The quantitative estimate of drug-likeness (QED) is 0.770. The second-order valence-electron chi connectivity index (χ2n) is 6.32. The fourth-order valence-electron chi connectivity index (χ4n) is 2.98. The van der Waals surface area contributed by atoms with Crippen LogP contribution in [-0.2, 0) is 25.9 Å². The maximum absolute atomic E-state index is 12.7. The van der Waals surface area contributed by atoms with Crippen LogP contribution in [0.1, 0.15) is 34.3 Å². The predicted octanol–water partition coefficient (Wildman–Crippen LogP) is 2.53. The second-order valence-corrected chi connectivity index (χ2v) is 8.33.